The molecule has 0 spiro atoms. The van der Waals surface area contributed by atoms with Crippen molar-refractivity contribution in [2.24, 2.45) is 4.99 Å². The first kappa shape index (κ1) is 21.6. The van der Waals surface area contributed by atoms with Crippen LogP contribution in [0.3, 0.4) is 0 Å². The van der Waals surface area contributed by atoms with Crippen LogP contribution in [0, 0.1) is 0 Å². The van der Waals surface area contributed by atoms with Crippen molar-refractivity contribution in [3.63, 3.8) is 0 Å². The number of halogens is 1. The lowest BCUT2D eigenvalue weighted by atomic mass is 10.2. The highest BCUT2D eigenvalue weighted by Gasteiger charge is 2.20. The molecule has 0 aliphatic rings. The van der Waals surface area contributed by atoms with Crippen LogP contribution in [-0.2, 0) is 0 Å². The number of likely N-dealkylation sites (N-methyl/N-ethyl adjacent to an activating group) is 1. The Morgan fingerprint density at radius 3 is 2.59 bits per heavy atom. The third-order valence-electron chi connectivity index (χ3n) is 3.41. The molecule has 5 nitrogen and oxygen atoms in total. The molecule has 1 heterocycles. The molecule has 0 aromatic carbocycles. The van der Waals surface area contributed by atoms with Gasteiger partial charge in [0.15, 0.2) is 5.96 Å². The molecule has 0 fully saturated rings. The molecule has 0 amide bonds. The fourth-order valence-electron chi connectivity index (χ4n) is 2.24. The molecule has 1 rings (SSSR count). The third kappa shape index (κ3) is 7.23. The first-order valence-electron chi connectivity index (χ1n) is 7.47. The summed E-state index contributed by atoms with van der Waals surface area (Å²) in [6.45, 7) is 8.01. The number of guanidine groups is 1. The predicted molar refractivity (Wildman–Crippen MR) is 108 cm³/mol. The molecule has 22 heavy (non-hydrogen) atoms. The van der Waals surface area contributed by atoms with Gasteiger partial charge in [0.25, 0.3) is 0 Å². The molecule has 0 aliphatic heterocycles. The first-order chi connectivity index (χ1) is 10.3. The highest BCUT2D eigenvalue weighted by molar-refractivity contribution is 14.0. The number of nitrogens with zero attached hydrogens (tertiary/aromatic N) is 2. The summed E-state index contributed by atoms with van der Waals surface area (Å²) in [5.74, 6) is 2.90. The molecule has 1 atom stereocenters. The molecule has 128 valence electrons. The number of hydrogen-bond donors (Lipinski definition) is 2. The van der Waals surface area contributed by atoms with Gasteiger partial charge in [-0.05, 0) is 31.5 Å². The van der Waals surface area contributed by atoms with Crippen LogP contribution in [0.5, 0.6) is 0 Å². The van der Waals surface area contributed by atoms with Crippen molar-refractivity contribution in [2.45, 2.75) is 19.9 Å². The summed E-state index contributed by atoms with van der Waals surface area (Å²) in [6, 6.07) is 4.19. The van der Waals surface area contributed by atoms with Crippen molar-refractivity contribution in [1.82, 2.24) is 15.5 Å². The fraction of sp³-hybridized carbons (Fsp3) is 0.667. The van der Waals surface area contributed by atoms with Crippen LogP contribution >= 0.6 is 35.7 Å². The van der Waals surface area contributed by atoms with Gasteiger partial charge in [0.1, 0.15) is 5.76 Å². The summed E-state index contributed by atoms with van der Waals surface area (Å²) in [7, 11) is 1.80. The second-order valence-electron chi connectivity index (χ2n) is 4.63. The van der Waals surface area contributed by atoms with Gasteiger partial charge in [-0.25, -0.2) is 0 Å². The largest absolute Gasteiger partial charge is 0.468 e. The molecule has 1 aromatic heterocycles. The molecular formula is C15H29IN4OS. The van der Waals surface area contributed by atoms with Gasteiger partial charge in [-0.3, -0.25) is 9.89 Å². The summed E-state index contributed by atoms with van der Waals surface area (Å²) in [5, 5.41) is 6.71. The number of nitrogens with one attached hydrogen (secondary N) is 2. The van der Waals surface area contributed by atoms with Crippen LogP contribution < -0.4 is 10.6 Å². The van der Waals surface area contributed by atoms with Gasteiger partial charge in [0.05, 0.1) is 12.3 Å². The van der Waals surface area contributed by atoms with Crippen LogP contribution in [0.4, 0.5) is 0 Å². The second kappa shape index (κ2) is 13.1. The van der Waals surface area contributed by atoms with Gasteiger partial charge in [0, 0.05) is 25.9 Å². The first-order valence-corrected chi connectivity index (χ1v) is 8.87. The highest BCUT2D eigenvalue weighted by atomic mass is 127. The Bertz CT molecular complexity index is 396. The maximum absolute atomic E-state index is 5.60. The lowest BCUT2D eigenvalue weighted by molar-refractivity contribution is 0.193. The minimum atomic E-state index is 0. The minimum Gasteiger partial charge on any atom is -0.468 e. The maximum atomic E-state index is 5.60. The van der Waals surface area contributed by atoms with Gasteiger partial charge in [-0.15, -0.1) is 24.0 Å². The zero-order valence-electron chi connectivity index (χ0n) is 14.0. The lowest BCUT2D eigenvalue weighted by Gasteiger charge is -2.28. The number of thioether (sulfide) groups is 1. The Morgan fingerprint density at radius 2 is 2.09 bits per heavy atom. The van der Waals surface area contributed by atoms with Crippen LogP contribution in [-0.4, -0.2) is 56.1 Å². The highest BCUT2D eigenvalue weighted by Crippen LogP contribution is 2.20. The lowest BCUT2D eigenvalue weighted by Crippen LogP contribution is -2.43. The molecule has 0 saturated carbocycles. The topological polar surface area (TPSA) is 52.8 Å². The molecule has 0 saturated heterocycles. The van der Waals surface area contributed by atoms with Gasteiger partial charge in [-0.2, -0.15) is 11.8 Å². The van der Waals surface area contributed by atoms with E-state index in [0.717, 1.165) is 43.7 Å². The Labute approximate surface area is 155 Å². The summed E-state index contributed by atoms with van der Waals surface area (Å²) in [6.07, 6.45) is 3.84. The quantitative estimate of drug-likeness (QED) is 0.268. The van der Waals surface area contributed by atoms with Crippen molar-refractivity contribution in [1.29, 1.82) is 0 Å². The maximum Gasteiger partial charge on any atom is 0.191 e. The van der Waals surface area contributed by atoms with E-state index in [1.54, 1.807) is 13.3 Å². The SMILES string of the molecule is CCN(CC)C(CNC(=NC)NCCSC)c1ccco1.I. The molecule has 0 bridgehead atoms. The number of hydrogen-bond acceptors (Lipinski definition) is 4. The Hall–Kier alpha value is -0.410. The average Bonchev–Trinajstić information content (AvgIpc) is 3.03. The molecular weight excluding hydrogens is 411 g/mol. The van der Waals surface area contributed by atoms with Gasteiger partial charge in [-0.1, -0.05) is 13.8 Å². The minimum absolute atomic E-state index is 0. The van der Waals surface area contributed by atoms with Crippen molar-refractivity contribution in [3.8, 4) is 0 Å². The van der Waals surface area contributed by atoms with Gasteiger partial charge < -0.3 is 15.1 Å². The van der Waals surface area contributed by atoms with E-state index in [9.17, 15) is 0 Å². The van der Waals surface area contributed by atoms with Crippen LogP contribution in [0.25, 0.3) is 0 Å². The van der Waals surface area contributed by atoms with Crippen molar-refractivity contribution >= 4 is 41.7 Å². The summed E-state index contributed by atoms with van der Waals surface area (Å²) in [5.41, 5.74) is 0. The molecule has 1 unspecified atom stereocenters. The van der Waals surface area contributed by atoms with Crippen LogP contribution in [0.15, 0.2) is 27.8 Å². The molecule has 0 radical (unpaired) electrons. The van der Waals surface area contributed by atoms with E-state index in [2.05, 4.69) is 40.6 Å². The Kier molecular flexibility index (Phi) is 12.8. The fourth-order valence-corrected chi connectivity index (χ4v) is 2.55. The number of aliphatic imine (C=N–C) groups is 1. The normalized spacial score (nSPS) is 12.9. The van der Waals surface area contributed by atoms with Gasteiger partial charge >= 0.3 is 0 Å². The number of furan rings is 1. The molecule has 7 heteroatoms. The van der Waals surface area contributed by atoms with E-state index in [1.807, 2.05) is 23.9 Å². The number of rotatable bonds is 9. The van der Waals surface area contributed by atoms with E-state index < -0.39 is 0 Å². The van der Waals surface area contributed by atoms with E-state index >= 15 is 0 Å². The second-order valence-corrected chi connectivity index (χ2v) is 5.61. The molecule has 2 N–H and O–H groups in total. The van der Waals surface area contributed by atoms with Crippen LogP contribution in [0.1, 0.15) is 25.6 Å². The summed E-state index contributed by atoms with van der Waals surface area (Å²) in [4.78, 5) is 6.64. The van der Waals surface area contributed by atoms with E-state index in [1.165, 1.54) is 0 Å². The van der Waals surface area contributed by atoms with E-state index in [4.69, 9.17) is 4.42 Å². The molecule has 0 aliphatic carbocycles. The smallest absolute Gasteiger partial charge is 0.191 e. The zero-order chi connectivity index (χ0) is 15.5. The Morgan fingerprint density at radius 1 is 1.36 bits per heavy atom. The molecule has 1 aromatic rings. The average molecular weight is 440 g/mol. The van der Waals surface area contributed by atoms with Crippen LogP contribution in [0.2, 0.25) is 0 Å². The summed E-state index contributed by atoms with van der Waals surface area (Å²) < 4.78 is 5.60. The van der Waals surface area contributed by atoms with Crippen molar-refractivity contribution in [2.75, 3.05) is 45.2 Å². The monoisotopic (exact) mass is 440 g/mol. The predicted octanol–water partition coefficient (Wildman–Crippen LogP) is 2.81. The zero-order valence-corrected chi connectivity index (χ0v) is 17.1. The van der Waals surface area contributed by atoms with E-state index in [-0.39, 0.29) is 30.0 Å². The van der Waals surface area contributed by atoms with Crippen molar-refractivity contribution < 1.29 is 4.42 Å². The van der Waals surface area contributed by atoms with Crippen molar-refractivity contribution in [3.05, 3.63) is 24.2 Å². The Balaban J connectivity index is 0.00000441. The summed E-state index contributed by atoms with van der Waals surface area (Å²) >= 11 is 1.82. The standard InChI is InChI=1S/C15H28N4OS.HI/c1-5-19(6-2)13(14-8-7-10-20-14)12-18-15(16-3)17-9-11-21-4;/h7-8,10,13H,5-6,9,11-12H2,1-4H3,(H2,16,17,18);1H. The van der Waals surface area contributed by atoms with Gasteiger partial charge in [0.2, 0.25) is 0 Å². The van der Waals surface area contributed by atoms with E-state index in [0.29, 0.717) is 0 Å². The third-order valence-corrected chi connectivity index (χ3v) is 4.02.